The minimum atomic E-state index is -0.452. The van der Waals surface area contributed by atoms with Gasteiger partial charge in [-0.3, -0.25) is 0 Å². The zero-order chi connectivity index (χ0) is 25.0. The van der Waals surface area contributed by atoms with E-state index in [1.54, 1.807) is 0 Å². The fourth-order valence-electron chi connectivity index (χ4n) is 5.20. The summed E-state index contributed by atoms with van der Waals surface area (Å²) in [6.07, 6.45) is -1.65. The predicted octanol–water partition coefficient (Wildman–Crippen LogP) is 6.42. The molecule has 37 heavy (non-hydrogen) atoms. The highest BCUT2D eigenvalue weighted by atomic mass is 16.7. The molecule has 0 saturated carbocycles. The number of fused-ring (bicyclic) bond motifs is 2. The smallest absolute Gasteiger partial charge is 0.184 e. The molecule has 6 rings (SSSR count). The third-order valence-electron chi connectivity index (χ3n) is 7.22. The van der Waals surface area contributed by atoms with Gasteiger partial charge < -0.3 is 23.7 Å². The minimum absolute atomic E-state index is 0.0417. The molecule has 0 N–H and O–H groups in total. The lowest BCUT2D eigenvalue weighted by molar-refractivity contribution is -0.358. The molecule has 3 unspecified atom stereocenters. The summed E-state index contributed by atoms with van der Waals surface area (Å²) in [5.41, 5.74) is 3.22. The summed E-state index contributed by atoms with van der Waals surface area (Å²) in [5.74, 6) is -0.0417. The van der Waals surface area contributed by atoms with Crippen molar-refractivity contribution in [2.45, 2.75) is 51.0 Å². The second-order valence-electron chi connectivity index (χ2n) is 9.83. The maximum Gasteiger partial charge on any atom is 0.184 e. The molecule has 2 aliphatic rings. The molecular formula is C32H32O5. The molecule has 2 aliphatic heterocycles. The highest BCUT2D eigenvalue weighted by Gasteiger charge is 2.49. The average molecular weight is 497 g/mol. The van der Waals surface area contributed by atoms with Crippen LogP contribution in [-0.4, -0.2) is 31.2 Å². The maximum absolute atomic E-state index is 6.63. The number of hydrogen-bond donors (Lipinski definition) is 0. The molecule has 2 fully saturated rings. The van der Waals surface area contributed by atoms with Crippen molar-refractivity contribution in [1.82, 2.24) is 0 Å². The third-order valence-corrected chi connectivity index (χ3v) is 7.22. The van der Waals surface area contributed by atoms with Gasteiger partial charge in [0.25, 0.3) is 0 Å². The molecule has 0 amide bonds. The minimum Gasteiger partial charge on any atom is -0.370 e. The number of rotatable bonds is 7. The van der Waals surface area contributed by atoms with Crippen LogP contribution in [0.1, 0.15) is 29.9 Å². The van der Waals surface area contributed by atoms with E-state index in [0.717, 1.165) is 16.7 Å². The zero-order valence-corrected chi connectivity index (χ0v) is 20.9. The lowest BCUT2D eigenvalue weighted by Gasteiger charge is -2.48. The molecule has 5 heteroatoms. The van der Waals surface area contributed by atoms with Crippen LogP contribution in [0.25, 0.3) is 10.8 Å². The predicted molar refractivity (Wildman–Crippen MR) is 142 cm³/mol. The van der Waals surface area contributed by atoms with E-state index >= 15 is 0 Å². The molecule has 0 aromatic heterocycles. The van der Waals surface area contributed by atoms with Crippen LogP contribution < -0.4 is 0 Å². The molecule has 0 radical (unpaired) electrons. The van der Waals surface area contributed by atoms with Crippen LogP contribution in [0.2, 0.25) is 0 Å². The van der Waals surface area contributed by atoms with Gasteiger partial charge in [0.05, 0.1) is 25.9 Å². The first-order valence-electron chi connectivity index (χ1n) is 13.0. The first-order valence-corrected chi connectivity index (χ1v) is 13.0. The third kappa shape index (κ3) is 5.47. The molecule has 2 saturated heterocycles. The quantitative estimate of drug-likeness (QED) is 0.296. The first-order chi connectivity index (χ1) is 18.2. The normalized spacial score (nSPS) is 27.6. The second-order valence-corrected chi connectivity index (χ2v) is 9.83. The van der Waals surface area contributed by atoms with E-state index < -0.39 is 12.6 Å². The van der Waals surface area contributed by atoms with Gasteiger partial charge in [0.2, 0.25) is 0 Å². The molecule has 190 valence electrons. The Bertz CT molecular complexity index is 1290. The van der Waals surface area contributed by atoms with Gasteiger partial charge in [-0.2, -0.15) is 0 Å². The fourth-order valence-corrected chi connectivity index (χ4v) is 5.20. The van der Waals surface area contributed by atoms with Crippen LogP contribution in [0.5, 0.6) is 0 Å². The average Bonchev–Trinajstić information content (AvgIpc) is 2.96. The van der Waals surface area contributed by atoms with Crippen LogP contribution in [-0.2, 0) is 36.9 Å². The molecule has 0 bridgehead atoms. The van der Waals surface area contributed by atoms with Gasteiger partial charge in [-0.15, -0.1) is 0 Å². The van der Waals surface area contributed by atoms with Crippen molar-refractivity contribution in [3.8, 4) is 0 Å². The van der Waals surface area contributed by atoms with Crippen molar-refractivity contribution in [2.75, 3.05) is 6.61 Å². The van der Waals surface area contributed by atoms with Gasteiger partial charge in [-0.1, -0.05) is 104 Å². The second kappa shape index (κ2) is 11.1. The summed E-state index contributed by atoms with van der Waals surface area (Å²) < 4.78 is 31.9. The monoisotopic (exact) mass is 496 g/mol. The Balaban J connectivity index is 1.21. The lowest BCUT2D eigenvalue weighted by atomic mass is 9.91. The van der Waals surface area contributed by atoms with E-state index in [-0.39, 0.29) is 24.2 Å². The fraction of sp³-hybridized carbons (Fsp3) is 0.312. The Morgan fingerprint density at radius 2 is 1.41 bits per heavy atom. The number of hydrogen-bond acceptors (Lipinski definition) is 5. The lowest BCUT2D eigenvalue weighted by Crippen LogP contribution is -2.59. The van der Waals surface area contributed by atoms with Gasteiger partial charge in [-0.05, 0) is 28.0 Å². The topological polar surface area (TPSA) is 46.2 Å². The largest absolute Gasteiger partial charge is 0.370 e. The number of benzene rings is 4. The van der Waals surface area contributed by atoms with Crippen molar-refractivity contribution < 1.29 is 23.7 Å². The van der Waals surface area contributed by atoms with Crippen molar-refractivity contribution in [3.63, 3.8) is 0 Å². The Hall–Kier alpha value is -3.06. The molecule has 0 spiro atoms. The van der Waals surface area contributed by atoms with Crippen molar-refractivity contribution >= 4 is 10.8 Å². The Morgan fingerprint density at radius 3 is 2.22 bits per heavy atom. The highest BCUT2D eigenvalue weighted by molar-refractivity contribution is 5.82. The van der Waals surface area contributed by atoms with Crippen LogP contribution in [0.3, 0.4) is 0 Å². The summed E-state index contributed by atoms with van der Waals surface area (Å²) in [4.78, 5) is 0. The maximum atomic E-state index is 6.63. The summed E-state index contributed by atoms with van der Waals surface area (Å²) in [6, 6.07) is 35.0. The van der Waals surface area contributed by atoms with Crippen LogP contribution in [0.4, 0.5) is 0 Å². The summed E-state index contributed by atoms with van der Waals surface area (Å²) >= 11 is 0. The van der Waals surface area contributed by atoms with Crippen molar-refractivity contribution in [2.24, 2.45) is 5.92 Å². The van der Waals surface area contributed by atoms with E-state index in [4.69, 9.17) is 23.7 Å². The molecule has 4 aromatic rings. The zero-order valence-electron chi connectivity index (χ0n) is 20.9. The van der Waals surface area contributed by atoms with E-state index in [1.165, 1.54) is 10.8 Å². The Kier molecular flexibility index (Phi) is 7.31. The van der Waals surface area contributed by atoms with E-state index in [1.807, 2.05) is 48.5 Å². The summed E-state index contributed by atoms with van der Waals surface area (Å²) in [6.45, 7) is 3.49. The Labute approximate surface area is 217 Å². The summed E-state index contributed by atoms with van der Waals surface area (Å²) in [5, 5.41) is 2.43. The first kappa shape index (κ1) is 24.3. The SMILES string of the molecule is CC1[C@H](OCc2ccccc2)OC2COC(c3ccccc3)O[C@H]2[C@@H]1OCc1ccc2ccccc2c1. The molecule has 4 aromatic carbocycles. The molecule has 2 heterocycles. The molecule has 5 nitrogen and oxygen atoms in total. The van der Waals surface area contributed by atoms with E-state index in [9.17, 15) is 0 Å². The van der Waals surface area contributed by atoms with Gasteiger partial charge in [0, 0.05) is 11.5 Å². The molecule has 0 aliphatic carbocycles. The highest BCUT2D eigenvalue weighted by Crippen LogP contribution is 2.38. The van der Waals surface area contributed by atoms with Crippen LogP contribution >= 0.6 is 0 Å². The molecular weight excluding hydrogens is 464 g/mol. The standard InChI is InChI=1S/C32H32O5/c1-22-29(33-20-24-16-17-25-12-8-9-15-27(25)18-24)30-28(21-35-32(37-30)26-13-6-3-7-14-26)36-31(22)34-19-23-10-4-2-5-11-23/h2-18,22,28-32H,19-21H2,1H3/t22?,28?,29-,30-,31-,32?/m1/s1. The summed E-state index contributed by atoms with van der Waals surface area (Å²) in [7, 11) is 0. The van der Waals surface area contributed by atoms with Crippen molar-refractivity contribution in [3.05, 3.63) is 120 Å². The van der Waals surface area contributed by atoms with Crippen LogP contribution in [0, 0.1) is 5.92 Å². The van der Waals surface area contributed by atoms with Gasteiger partial charge >= 0.3 is 0 Å². The van der Waals surface area contributed by atoms with E-state index in [0.29, 0.717) is 19.8 Å². The van der Waals surface area contributed by atoms with Gasteiger partial charge in [0.1, 0.15) is 12.2 Å². The van der Waals surface area contributed by atoms with Gasteiger partial charge in [0.15, 0.2) is 12.6 Å². The van der Waals surface area contributed by atoms with Crippen molar-refractivity contribution in [1.29, 1.82) is 0 Å². The van der Waals surface area contributed by atoms with E-state index in [2.05, 4.69) is 61.5 Å². The Morgan fingerprint density at radius 1 is 0.703 bits per heavy atom. The number of ether oxygens (including phenoxy) is 5. The molecule has 6 atom stereocenters. The van der Waals surface area contributed by atoms with Gasteiger partial charge in [-0.25, -0.2) is 0 Å². The van der Waals surface area contributed by atoms with Crippen LogP contribution in [0.15, 0.2) is 103 Å².